The highest BCUT2D eigenvalue weighted by molar-refractivity contribution is 7.09. The third-order valence-electron chi connectivity index (χ3n) is 2.94. The highest BCUT2D eigenvalue weighted by Gasteiger charge is 2.14. The zero-order valence-corrected chi connectivity index (χ0v) is 11.8. The van der Waals surface area contributed by atoms with Gasteiger partial charge in [-0.2, -0.15) is 5.10 Å². The topological polar surface area (TPSA) is 68.8 Å². The van der Waals surface area contributed by atoms with E-state index in [-0.39, 0.29) is 0 Å². The molecule has 1 atom stereocenters. The van der Waals surface area contributed by atoms with Gasteiger partial charge in [-0.1, -0.05) is 13.8 Å². The van der Waals surface area contributed by atoms with Crippen molar-refractivity contribution in [2.45, 2.75) is 26.2 Å². The summed E-state index contributed by atoms with van der Waals surface area (Å²) in [5, 5.41) is 10.9. The van der Waals surface area contributed by atoms with Crippen molar-refractivity contribution in [2.75, 3.05) is 17.6 Å². The van der Waals surface area contributed by atoms with E-state index in [1.54, 1.807) is 11.3 Å². The standard InChI is InChI=1S/C12H19N5S/c1-4-9-10(13)11(17(3)16-9)15-7-8(2)12-14-5-6-18-12/h5-6,8,15H,4,7,13H2,1-3H3. The number of nitrogens with one attached hydrogen (secondary N) is 1. The Morgan fingerprint density at radius 1 is 1.56 bits per heavy atom. The summed E-state index contributed by atoms with van der Waals surface area (Å²) in [4.78, 5) is 4.32. The number of hydrogen-bond acceptors (Lipinski definition) is 5. The Bertz CT molecular complexity index is 503. The minimum Gasteiger partial charge on any atom is -0.394 e. The third-order valence-corrected chi connectivity index (χ3v) is 3.95. The normalized spacial score (nSPS) is 12.6. The smallest absolute Gasteiger partial charge is 0.147 e. The van der Waals surface area contributed by atoms with Crippen molar-refractivity contribution in [3.8, 4) is 0 Å². The summed E-state index contributed by atoms with van der Waals surface area (Å²) in [5.74, 6) is 1.26. The van der Waals surface area contributed by atoms with E-state index in [0.717, 1.165) is 35.2 Å². The van der Waals surface area contributed by atoms with E-state index in [2.05, 4.69) is 29.2 Å². The Kier molecular flexibility index (Phi) is 3.86. The average Bonchev–Trinajstić information content (AvgIpc) is 2.96. The summed E-state index contributed by atoms with van der Waals surface area (Å²) in [7, 11) is 1.91. The van der Waals surface area contributed by atoms with E-state index in [0.29, 0.717) is 5.92 Å². The van der Waals surface area contributed by atoms with Crippen molar-refractivity contribution in [1.82, 2.24) is 14.8 Å². The van der Waals surface area contributed by atoms with Gasteiger partial charge in [-0.15, -0.1) is 11.3 Å². The molecule has 0 spiro atoms. The summed E-state index contributed by atoms with van der Waals surface area (Å²) < 4.78 is 1.81. The Labute approximate surface area is 111 Å². The monoisotopic (exact) mass is 265 g/mol. The summed E-state index contributed by atoms with van der Waals surface area (Å²) in [5.41, 5.74) is 7.76. The minimum absolute atomic E-state index is 0.365. The average molecular weight is 265 g/mol. The number of thiazole rings is 1. The maximum atomic E-state index is 6.06. The van der Waals surface area contributed by atoms with Crippen molar-refractivity contribution in [2.24, 2.45) is 7.05 Å². The summed E-state index contributed by atoms with van der Waals surface area (Å²) in [6, 6.07) is 0. The highest BCUT2D eigenvalue weighted by atomic mass is 32.1. The molecule has 2 rings (SSSR count). The van der Waals surface area contributed by atoms with Gasteiger partial charge in [0.05, 0.1) is 16.4 Å². The van der Waals surface area contributed by atoms with Crippen LogP contribution in [-0.2, 0) is 13.5 Å². The number of rotatable bonds is 5. The second-order valence-corrected chi connectivity index (χ2v) is 5.26. The van der Waals surface area contributed by atoms with E-state index < -0.39 is 0 Å². The molecule has 3 N–H and O–H groups in total. The molecule has 0 aromatic carbocycles. The van der Waals surface area contributed by atoms with Crippen LogP contribution in [0.1, 0.15) is 30.5 Å². The van der Waals surface area contributed by atoms with Crippen LogP contribution in [0, 0.1) is 0 Å². The number of nitrogens with two attached hydrogens (primary N) is 1. The number of hydrogen-bond donors (Lipinski definition) is 2. The fourth-order valence-electron chi connectivity index (χ4n) is 1.88. The van der Waals surface area contributed by atoms with Crippen LogP contribution >= 0.6 is 11.3 Å². The molecular formula is C12H19N5S. The second kappa shape index (κ2) is 5.39. The van der Waals surface area contributed by atoms with Crippen LogP contribution in [0.25, 0.3) is 0 Å². The van der Waals surface area contributed by atoms with Crippen molar-refractivity contribution >= 4 is 22.8 Å². The van der Waals surface area contributed by atoms with Gasteiger partial charge < -0.3 is 11.1 Å². The van der Waals surface area contributed by atoms with Crippen LogP contribution in [0.4, 0.5) is 11.5 Å². The quantitative estimate of drug-likeness (QED) is 0.870. The fourth-order valence-corrected chi connectivity index (χ4v) is 2.58. The van der Waals surface area contributed by atoms with Crippen LogP contribution < -0.4 is 11.1 Å². The molecule has 5 nitrogen and oxygen atoms in total. The lowest BCUT2D eigenvalue weighted by molar-refractivity contribution is 0.732. The van der Waals surface area contributed by atoms with Crippen LogP contribution in [0.5, 0.6) is 0 Å². The van der Waals surface area contributed by atoms with Gasteiger partial charge in [-0.3, -0.25) is 4.68 Å². The van der Waals surface area contributed by atoms with Crippen LogP contribution in [0.15, 0.2) is 11.6 Å². The molecule has 0 amide bonds. The van der Waals surface area contributed by atoms with Gasteiger partial charge in [-0.25, -0.2) is 4.98 Å². The van der Waals surface area contributed by atoms with Crippen LogP contribution in [-0.4, -0.2) is 21.3 Å². The molecule has 0 aliphatic heterocycles. The van der Waals surface area contributed by atoms with Gasteiger partial charge in [0.25, 0.3) is 0 Å². The molecule has 1 unspecified atom stereocenters. The molecule has 0 bridgehead atoms. The van der Waals surface area contributed by atoms with Crippen molar-refractivity contribution in [3.05, 3.63) is 22.3 Å². The number of aromatic nitrogens is 3. The molecule has 0 saturated heterocycles. The lowest BCUT2D eigenvalue weighted by Gasteiger charge is -2.12. The van der Waals surface area contributed by atoms with Gasteiger partial charge in [-0.05, 0) is 6.42 Å². The highest BCUT2D eigenvalue weighted by Crippen LogP contribution is 2.24. The van der Waals surface area contributed by atoms with E-state index in [1.807, 2.05) is 23.3 Å². The first kappa shape index (κ1) is 12.9. The van der Waals surface area contributed by atoms with Gasteiger partial charge in [0.1, 0.15) is 5.82 Å². The molecule has 2 aromatic rings. The molecule has 0 fully saturated rings. The fraction of sp³-hybridized carbons (Fsp3) is 0.500. The lowest BCUT2D eigenvalue weighted by atomic mass is 10.2. The molecule has 2 aromatic heterocycles. The Morgan fingerprint density at radius 2 is 2.33 bits per heavy atom. The molecule has 0 aliphatic carbocycles. The van der Waals surface area contributed by atoms with Crippen molar-refractivity contribution in [1.29, 1.82) is 0 Å². The molecule has 0 saturated carbocycles. The Hall–Kier alpha value is -1.56. The van der Waals surface area contributed by atoms with E-state index >= 15 is 0 Å². The first-order chi connectivity index (χ1) is 8.63. The summed E-state index contributed by atoms with van der Waals surface area (Å²) in [6.07, 6.45) is 2.69. The van der Waals surface area contributed by atoms with Gasteiger partial charge in [0, 0.05) is 31.1 Å². The minimum atomic E-state index is 0.365. The molecular weight excluding hydrogens is 246 g/mol. The number of nitrogen functional groups attached to an aromatic ring is 1. The SMILES string of the molecule is CCc1nn(C)c(NCC(C)c2nccs2)c1N. The van der Waals surface area contributed by atoms with Crippen LogP contribution in [0.3, 0.4) is 0 Å². The molecule has 0 aliphatic rings. The maximum Gasteiger partial charge on any atom is 0.147 e. The number of aryl methyl sites for hydroxylation is 2. The predicted octanol–water partition coefficient (Wildman–Crippen LogP) is 2.24. The maximum absolute atomic E-state index is 6.06. The lowest BCUT2D eigenvalue weighted by Crippen LogP contribution is -2.13. The summed E-state index contributed by atoms with van der Waals surface area (Å²) in [6.45, 7) is 5.01. The van der Waals surface area contributed by atoms with Gasteiger partial charge in [0.2, 0.25) is 0 Å². The first-order valence-corrected chi connectivity index (χ1v) is 6.96. The van der Waals surface area contributed by atoms with E-state index in [4.69, 9.17) is 5.73 Å². The zero-order chi connectivity index (χ0) is 13.1. The summed E-state index contributed by atoms with van der Waals surface area (Å²) >= 11 is 1.68. The molecule has 18 heavy (non-hydrogen) atoms. The Balaban J connectivity index is 2.04. The molecule has 2 heterocycles. The largest absolute Gasteiger partial charge is 0.394 e. The third kappa shape index (κ3) is 2.48. The molecule has 0 radical (unpaired) electrons. The Morgan fingerprint density at radius 3 is 2.89 bits per heavy atom. The molecule has 98 valence electrons. The second-order valence-electron chi connectivity index (χ2n) is 4.34. The number of anilines is 2. The van der Waals surface area contributed by atoms with E-state index in [9.17, 15) is 0 Å². The van der Waals surface area contributed by atoms with Gasteiger partial charge >= 0.3 is 0 Å². The van der Waals surface area contributed by atoms with E-state index in [1.165, 1.54) is 0 Å². The van der Waals surface area contributed by atoms with Crippen molar-refractivity contribution in [3.63, 3.8) is 0 Å². The number of nitrogens with zero attached hydrogens (tertiary/aromatic N) is 3. The first-order valence-electron chi connectivity index (χ1n) is 6.08. The predicted molar refractivity (Wildman–Crippen MR) is 76.0 cm³/mol. The van der Waals surface area contributed by atoms with Crippen molar-refractivity contribution < 1.29 is 0 Å². The zero-order valence-electron chi connectivity index (χ0n) is 11.0. The van der Waals surface area contributed by atoms with Crippen LogP contribution in [0.2, 0.25) is 0 Å². The van der Waals surface area contributed by atoms with Gasteiger partial charge in [0.15, 0.2) is 0 Å². The molecule has 6 heteroatoms.